The monoisotopic (exact) mass is 500 g/mol. The predicted octanol–water partition coefficient (Wildman–Crippen LogP) is 2.00. The molecule has 0 aliphatic heterocycles. The molecule has 3 aromatic heterocycles. The highest BCUT2D eigenvalue weighted by molar-refractivity contribution is 7.21. The van der Waals surface area contributed by atoms with Crippen LogP contribution in [-0.2, 0) is 0 Å². The van der Waals surface area contributed by atoms with Crippen LogP contribution < -0.4 is 10.6 Å². The topological polar surface area (TPSA) is 157 Å². The molecule has 188 valence electrons. The summed E-state index contributed by atoms with van der Waals surface area (Å²) >= 11 is 1.51. The fourth-order valence-electron chi connectivity index (χ4n) is 4.72. The molecule has 2 aliphatic rings. The number of hydrogen-bond donors (Lipinski definition) is 6. The van der Waals surface area contributed by atoms with Gasteiger partial charge < -0.3 is 31.1 Å². The average Bonchev–Trinajstić information content (AvgIpc) is 3.24. The summed E-state index contributed by atoms with van der Waals surface area (Å²) in [4.78, 5) is 18.5. The predicted molar refractivity (Wildman–Crippen MR) is 134 cm³/mol. The normalized spacial score (nSPS) is 25.7. The summed E-state index contributed by atoms with van der Waals surface area (Å²) in [5, 5.41) is 49.3. The van der Waals surface area contributed by atoms with Gasteiger partial charge in [-0.05, 0) is 53.0 Å². The molecule has 3 heterocycles. The molecule has 35 heavy (non-hydrogen) atoms. The third-order valence-electron chi connectivity index (χ3n) is 7.11. The van der Waals surface area contributed by atoms with Crippen LogP contribution in [0.2, 0.25) is 0 Å². The Kier molecular flexibility index (Phi) is 5.96. The van der Waals surface area contributed by atoms with E-state index >= 15 is 0 Å². The van der Waals surface area contributed by atoms with Crippen LogP contribution in [0.25, 0.3) is 20.8 Å². The van der Waals surface area contributed by atoms with E-state index in [1.807, 2.05) is 19.9 Å². The molecule has 0 aromatic carbocycles. The average molecular weight is 501 g/mol. The van der Waals surface area contributed by atoms with E-state index in [0.29, 0.717) is 36.0 Å². The lowest BCUT2D eigenvalue weighted by atomic mass is 9.88. The van der Waals surface area contributed by atoms with Crippen molar-refractivity contribution in [3.05, 3.63) is 23.7 Å². The molecule has 0 bridgehead atoms. The van der Waals surface area contributed by atoms with Gasteiger partial charge in [-0.3, -0.25) is 4.98 Å². The minimum absolute atomic E-state index is 0.350. The fourth-order valence-corrected chi connectivity index (χ4v) is 5.83. The highest BCUT2D eigenvalue weighted by atomic mass is 32.1. The largest absolute Gasteiger partial charge is 0.390 e. The minimum atomic E-state index is -1.15. The van der Waals surface area contributed by atoms with Crippen LogP contribution in [0.3, 0.4) is 0 Å². The number of aliphatic hydroxyl groups is 4. The lowest BCUT2D eigenvalue weighted by Crippen LogP contribution is -2.40. The van der Waals surface area contributed by atoms with Gasteiger partial charge in [0.05, 0.1) is 45.0 Å². The minimum Gasteiger partial charge on any atom is -0.390 e. The Balaban J connectivity index is 1.53. The van der Waals surface area contributed by atoms with Gasteiger partial charge in [-0.2, -0.15) is 4.98 Å². The zero-order valence-corrected chi connectivity index (χ0v) is 21.1. The Morgan fingerprint density at radius 3 is 2.49 bits per heavy atom. The van der Waals surface area contributed by atoms with Gasteiger partial charge in [-0.25, -0.2) is 9.97 Å². The number of thiazole rings is 1. The van der Waals surface area contributed by atoms with Crippen LogP contribution >= 0.6 is 11.3 Å². The van der Waals surface area contributed by atoms with Gasteiger partial charge in [-0.15, -0.1) is 11.3 Å². The number of pyridine rings is 1. The summed E-state index contributed by atoms with van der Waals surface area (Å²) in [6, 6.07) is 1.39. The standard InChI is InChI=1S/C24H32N6O4S/c1-11-16(21-29-17-12(2)25-8-5-15(17)35-21)20(30-22(27-11)26-10-24(34)6-7-24)28-14-9-13(23(3,4)33)18(31)19(14)32/h5,8,13-14,18-19,31-34H,6-7,9-10H2,1-4H3,(H2,26,27,28,30)/t13-,14+,18+,19-/m0/s1. The number of anilines is 2. The van der Waals surface area contributed by atoms with Crippen LogP contribution in [0.4, 0.5) is 11.8 Å². The van der Waals surface area contributed by atoms with Gasteiger partial charge in [0.15, 0.2) is 0 Å². The molecule has 4 atom stereocenters. The number of aromatic nitrogens is 4. The molecule has 0 unspecified atom stereocenters. The third kappa shape index (κ3) is 4.70. The summed E-state index contributed by atoms with van der Waals surface area (Å²) < 4.78 is 0.995. The van der Waals surface area contributed by atoms with Crippen LogP contribution in [0.15, 0.2) is 12.3 Å². The highest BCUT2D eigenvalue weighted by Gasteiger charge is 2.48. The molecule has 2 saturated carbocycles. The van der Waals surface area contributed by atoms with E-state index in [2.05, 4.69) is 20.6 Å². The highest BCUT2D eigenvalue weighted by Crippen LogP contribution is 2.40. The van der Waals surface area contributed by atoms with Crippen molar-refractivity contribution in [1.82, 2.24) is 19.9 Å². The molecule has 2 aliphatic carbocycles. The van der Waals surface area contributed by atoms with Crippen molar-refractivity contribution in [3.63, 3.8) is 0 Å². The second-order valence-corrected chi connectivity index (χ2v) is 11.5. The van der Waals surface area contributed by atoms with E-state index in [0.717, 1.165) is 33.8 Å². The number of nitrogens with one attached hydrogen (secondary N) is 2. The second kappa shape index (κ2) is 8.59. The van der Waals surface area contributed by atoms with Crippen molar-refractivity contribution in [1.29, 1.82) is 0 Å². The first-order chi connectivity index (χ1) is 16.4. The first-order valence-corrected chi connectivity index (χ1v) is 12.7. The molecule has 11 heteroatoms. The van der Waals surface area contributed by atoms with Gasteiger partial charge in [-0.1, -0.05) is 0 Å². The molecular weight excluding hydrogens is 468 g/mol. The van der Waals surface area contributed by atoms with E-state index in [1.165, 1.54) is 11.3 Å². The van der Waals surface area contributed by atoms with Crippen LogP contribution in [-0.4, -0.2) is 76.4 Å². The van der Waals surface area contributed by atoms with E-state index < -0.39 is 35.4 Å². The molecule has 2 fully saturated rings. The van der Waals surface area contributed by atoms with E-state index in [1.54, 1.807) is 20.0 Å². The molecule has 3 aromatic rings. The number of aryl methyl sites for hydroxylation is 2. The number of nitrogens with zero attached hydrogens (tertiary/aromatic N) is 4. The SMILES string of the molecule is Cc1nc(NCC2(O)CC2)nc(N[C@@H]2C[C@H](C(C)(C)O)[C@@H](O)[C@H]2O)c1-c1nc2c(C)nccc2s1. The van der Waals surface area contributed by atoms with Crippen molar-refractivity contribution >= 4 is 33.3 Å². The third-order valence-corrected chi connectivity index (χ3v) is 8.15. The van der Waals surface area contributed by atoms with Gasteiger partial charge in [0, 0.05) is 18.7 Å². The Bertz CT molecular complexity index is 1250. The molecule has 0 amide bonds. The van der Waals surface area contributed by atoms with Gasteiger partial charge >= 0.3 is 0 Å². The van der Waals surface area contributed by atoms with Crippen LogP contribution in [0, 0.1) is 19.8 Å². The molecule has 6 N–H and O–H groups in total. The summed E-state index contributed by atoms with van der Waals surface area (Å²) in [6.45, 7) is 7.41. The van der Waals surface area contributed by atoms with Gasteiger partial charge in [0.1, 0.15) is 22.4 Å². The van der Waals surface area contributed by atoms with E-state index in [4.69, 9.17) is 9.97 Å². The molecular formula is C24H32N6O4S. The Hall–Kier alpha value is -2.44. The quantitative estimate of drug-likeness (QED) is 0.283. The maximum atomic E-state index is 10.8. The summed E-state index contributed by atoms with van der Waals surface area (Å²) in [5.74, 6) is 0.333. The van der Waals surface area contributed by atoms with Crippen molar-refractivity contribution in [2.75, 3.05) is 17.2 Å². The second-order valence-electron chi connectivity index (χ2n) is 10.4. The number of rotatable bonds is 7. The summed E-state index contributed by atoms with van der Waals surface area (Å²) in [6.07, 6.45) is 1.44. The van der Waals surface area contributed by atoms with Crippen molar-refractivity contribution in [2.24, 2.45) is 5.92 Å². The van der Waals surface area contributed by atoms with Crippen LogP contribution in [0.5, 0.6) is 0 Å². The maximum Gasteiger partial charge on any atom is 0.225 e. The summed E-state index contributed by atoms with van der Waals surface area (Å²) in [7, 11) is 0. The Labute approximate surface area is 207 Å². The first-order valence-electron chi connectivity index (χ1n) is 11.9. The molecule has 0 radical (unpaired) electrons. The Morgan fingerprint density at radius 1 is 1.11 bits per heavy atom. The number of aliphatic hydroxyl groups excluding tert-OH is 2. The first kappa shape index (κ1) is 24.3. The van der Waals surface area contributed by atoms with Crippen molar-refractivity contribution in [2.45, 2.75) is 76.4 Å². The number of fused-ring (bicyclic) bond motifs is 1. The maximum absolute atomic E-state index is 10.8. The fraction of sp³-hybridized carbons (Fsp3) is 0.583. The number of hydrogen-bond acceptors (Lipinski definition) is 11. The van der Waals surface area contributed by atoms with Crippen molar-refractivity contribution < 1.29 is 20.4 Å². The lowest BCUT2D eigenvalue weighted by molar-refractivity contribution is -0.0601. The molecule has 10 nitrogen and oxygen atoms in total. The van der Waals surface area contributed by atoms with Gasteiger partial charge in [0.25, 0.3) is 0 Å². The zero-order chi connectivity index (χ0) is 25.1. The molecule has 0 spiro atoms. The molecule has 5 rings (SSSR count). The molecule has 0 saturated heterocycles. The Morgan fingerprint density at radius 2 is 1.86 bits per heavy atom. The van der Waals surface area contributed by atoms with Crippen LogP contribution in [0.1, 0.15) is 44.5 Å². The van der Waals surface area contributed by atoms with E-state index in [9.17, 15) is 20.4 Å². The summed E-state index contributed by atoms with van der Waals surface area (Å²) in [5.41, 5.74) is 1.17. The zero-order valence-electron chi connectivity index (χ0n) is 20.3. The lowest BCUT2D eigenvalue weighted by Gasteiger charge is -2.28. The smallest absolute Gasteiger partial charge is 0.225 e. The van der Waals surface area contributed by atoms with Gasteiger partial charge in [0.2, 0.25) is 5.95 Å². The van der Waals surface area contributed by atoms with E-state index in [-0.39, 0.29) is 0 Å². The van der Waals surface area contributed by atoms with Crippen molar-refractivity contribution in [3.8, 4) is 10.6 Å².